The van der Waals surface area contributed by atoms with Crippen molar-refractivity contribution in [3.05, 3.63) is 32.6 Å². The molecule has 0 radical (unpaired) electrons. The molecule has 0 amide bonds. The number of aliphatic hydroxyl groups is 1. The molecule has 33 heavy (non-hydrogen) atoms. The van der Waals surface area contributed by atoms with Crippen LogP contribution in [0.5, 0.6) is 0 Å². The van der Waals surface area contributed by atoms with Crippen LogP contribution in [0, 0.1) is 6.92 Å². The highest BCUT2D eigenvalue weighted by Gasteiger charge is 2.40. The van der Waals surface area contributed by atoms with Crippen LogP contribution in [0.25, 0.3) is 0 Å². The number of rotatable bonds is 11. The third-order valence-corrected chi connectivity index (χ3v) is 6.91. The van der Waals surface area contributed by atoms with Gasteiger partial charge in [-0.05, 0) is 13.3 Å². The Morgan fingerprint density at radius 1 is 1.21 bits per heavy atom. The zero-order valence-electron chi connectivity index (χ0n) is 17.9. The third kappa shape index (κ3) is 10.6. The molecule has 15 nitrogen and oxygen atoms in total. The molecule has 1 aliphatic rings. The molecule has 0 spiro atoms. The summed E-state index contributed by atoms with van der Waals surface area (Å²) in [5, 5.41) is 10.1. The van der Waals surface area contributed by atoms with Gasteiger partial charge < -0.3 is 29.4 Å². The molecule has 1 aliphatic heterocycles. The van der Waals surface area contributed by atoms with E-state index in [0.717, 1.165) is 17.4 Å². The van der Waals surface area contributed by atoms with Crippen molar-refractivity contribution in [2.45, 2.75) is 58.0 Å². The van der Waals surface area contributed by atoms with Crippen LogP contribution in [-0.2, 0) is 27.2 Å². The molecule has 192 valence electrons. The Labute approximate surface area is 190 Å². The summed E-state index contributed by atoms with van der Waals surface area (Å²) in [5.41, 5.74) is -1.06. The van der Waals surface area contributed by atoms with Gasteiger partial charge in [0.25, 0.3) is 5.56 Å². The zero-order valence-corrected chi connectivity index (χ0v) is 20.7. The Bertz CT molecular complexity index is 952. The highest BCUT2D eigenvalue weighted by atomic mass is 31.3. The molecule has 5 atom stereocenters. The average molecular weight is 538 g/mol. The standard InChI is InChI=1S/C15H26N2O11P2.H3O2P/c1-3-4-5-6-25-29(21,22)28-30(23,24)26-9-12-11(18)7-13(27-12)17-8-10(2)14(19)16-15(17)20;1-3-2/h8,11-13,18H,3-7,9H2,1-2H3,(H,21,22)(H,23,24)(H,16,19,20);1-3H/t11-,12+,13+;/m0./s1. The van der Waals surface area contributed by atoms with Crippen molar-refractivity contribution in [1.29, 1.82) is 0 Å². The van der Waals surface area contributed by atoms with Gasteiger partial charge >= 0.3 is 21.3 Å². The summed E-state index contributed by atoms with van der Waals surface area (Å²) in [4.78, 5) is 59.0. The number of H-pyrrole nitrogens is 1. The molecule has 1 aromatic rings. The number of hydrogen-bond donors (Lipinski definition) is 6. The smallest absolute Gasteiger partial charge is 0.390 e. The van der Waals surface area contributed by atoms with Gasteiger partial charge in [0.1, 0.15) is 21.4 Å². The van der Waals surface area contributed by atoms with E-state index in [4.69, 9.17) is 14.5 Å². The first-order valence-corrected chi connectivity index (χ1v) is 13.6. The van der Waals surface area contributed by atoms with Crippen LogP contribution in [0.15, 0.2) is 15.8 Å². The lowest BCUT2D eigenvalue weighted by atomic mass is 10.2. The second-order valence-corrected chi connectivity index (χ2v) is 10.1. The molecule has 0 bridgehead atoms. The normalized spacial score (nSPS) is 23.9. The number of aryl methyl sites for hydroxylation is 1. The van der Waals surface area contributed by atoms with Crippen molar-refractivity contribution >= 4 is 24.7 Å². The fraction of sp³-hybridized carbons (Fsp3) is 0.733. The molecular formula is C15H29N2O13P3. The van der Waals surface area contributed by atoms with Gasteiger partial charge in [0.15, 0.2) is 0 Å². The van der Waals surface area contributed by atoms with E-state index < -0.39 is 61.0 Å². The van der Waals surface area contributed by atoms with E-state index in [-0.39, 0.29) is 18.6 Å². The maximum absolute atomic E-state index is 11.9. The fourth-order valence-corrected chi connectivity index (χ4v) is 4.83. The maximum atomic E-state index is 11.9. The quantitative estimate of drug-likeness (QED) is 0.166. The van der Waals surface area contributed by atoms with Crippen molar-refractivity contribution in [1.82, 2.24) is 9.55 Å². The van der Waals surface area contributed by atoms with E-state index in [1.165, 1.54) is 13.1 Å². The maximum Gasteiger partial charge on any atom is 0.481 e. The van der Waals surface area contributed by atoms with E-state index >= 15 is 0 Å². The minimum atomic E-state index is -5.01. The summed E-state index contributed by atoms with van der Waals surface area (Å²) in [5.74, 6) is 0. The molecule has 6 N–H and O–H groups in total. The van der Waals surface area contributed by atoms with Crippen molar-refractivity contribution in [2.75, 3.05) is 13.2 Å². The van der Waals surface area contributed by atoms with Gasteiger partial charge in [-0.15, -0.1) is 0 Å². The van der Waals surface area contributed by atoms with Crippen molar-refractivity contribution in [3.8, 4) is 0 Å². The minimum Gasteiger partial charge on any atom is -0.390 e. The molecular weight excluding hydrogens is 509 g/mol. The molecule has 0 aliphatic carbocycles. The van der Waals surface area contributed by atoms with Crippen LogP contribution in [0.4, 0.5) is 0 Å². The van der Waals surface area contributed by atoms with Crippen LogP contribution in [0.3, 0.4) is 0 Å². The fourth-order valence-electron chi connectivity index (χ4n) is 2.71. The molecule has 1 fully saturated rings. The Kier molecular flexibility index (Phi) is 12.8. The summed E-state index contributed by atoms with van der Waals surface area (Å²) in [6.45, 7) is 2.60. The second-order valence-electron chi connectivity index (χ2n) is 6.87. The van der Waals surface area contributed by atoms with Gasteiger partial charge in [-0.2, -0.15) is 4.31 Å². The Hall–Kier alpha value is -0.790. The average Bonchev–Trinajstić information content (AvgIpc) is 3.07. The number of unbranched alkanes of at least 4 members (excludes halogenated alkanes) is 2. The summed E-state index contributed by atoms with van der Waals surface area (Å²) in [6, 6.07) is 0. The highest BCUT2D eigenvalue weighted by Crippen LogP contribution is 2.60. The van der Waals surface area contributed by atoms with Gasteiger partial charge in [0, 0.05) is 18.2 Å². The first kappa shape index (κ1) is 30.2. The number of aliphatic hydroxyl groups excluding tert-OH is 1. The first-order valence-electron chi connectivity index (χ1n) is 9.70. The van der Waals surface area contributed by atoms with Crippen LogP contribution in [0.1, 0.15) is 44.4 Å². The Morgan fingerprint density at radius 3 is 2.42 bits per heavy atom. The van der Waals surface area contributed by atoms with Gasteiger partial charge in [-0.1, -0.05) is 19.8 Å². The summed E-state index contributed by atoms with van der Waals surface area (Å²) in [6.07, 6.45) is -0.0213. The number of phosphoric acid groups is 2. The molecule has 1 aromatic heterocycles. The monoisotopic (exact) mass is 538 g/mol. The predicted molar refractivity (Wildman–Crippen MR) is 116 cm³/mol. The number of phosphoric ester groups is 2. The number of ether oxygens (including phenoxy) is 1. The number of aromatic amines is 1. The molecule has 1 saturated heterocycles. The third-order valence-electron chi connectivity index (χ3n) is 4.27. The van der Waals surface area contributed by atoms with Crippen LogP contribution < -0.4 is 11.2 Å². The van der Waals surface area contributed by atoms with Crippen molar-refractivity contribution in [2.24, 2.45) is 0 Å². The van der Waals surface area contributed by atoms with E-state index in [9.17, 15) is 33.6 Å². The number of hydrogen-bond acceptors (Lipinski definition) is 11. The topological polar surface area (TPSA) is 227 Å². The molecule has 2 unspecified atom stereocenters. The molecule has 0 aromatic carbocycles. The van der Waals surface area contributed by atoms with Crippen LogP contribution in [0.2, 0.25) is 0 Å². The van der Waals surface area contributed by atoms with Crippen LogP contribution >= 0.6 is 24.7 Å². The molecule has 18 heteroatoms. The summed E-state index contributed by atoms with van der Waals surface area (Å²) < 4.78 is 43.7. The molecule has 2 rings (SSSR count). The van der Waals surface area contributed by atoms with E-state index in [1.54, 1.807) is 0 Å². The lowest BCUT2D eigenvalue weighted by molar-refractivity contribution is -0.0451. The lowest BCUT2D eigenvalue weighted by Crippen LogP contribution is -2.33. The summed E-state index contributed by atoms with van der Waals surface area (Å²) in [7, 11) is -10.8. The van der Waals surface area contributed by atoms with Gasteiger partial charge in [-0.25, -0.2) is 13.9 Å². The van der Waals surface area contributed by atoms with Gasteiger partial charge in [0.2, 0.25) is 0 Å². The van der Waals surface area contributed by atoms with Crippen molar-refractivity contribution in [3.63, 3.8) is 0 Å². The summed E-state index contributed by atoms with van der Waals surface area (Å²) >= 11 is 0. The minimum absolute atomic E-state index is 0.0605. The van der Waals surface area contributed by atoms with Gasteiger partial charge in [-0.3, -0.25) is 23.4 Å². The Morgan fingerprint density at radius 2 is 1.82 bits per heavy atom. The van der Waals surface area contributed by atoms with Crippen LogP contribution in [-0.4, -0.2) is 59.7 Å². The number of nitrogens with zero attached hydrogens (tertiary/aromatic N) is 1. The highest BCUT2D eigenvalue weighted by molar-refractivity contribution is 7.61. The second kappa shape index (κ2) is 13.9. The molecule has 0 saturated carbocycles. The number of aromatic nitrogens is 2. The van der Waals surface area contributed by atoms with E-state index in [2.05, 4.69) is 18.3 Å². The SMILES string of the molecule is CCCCCOP(=O)(O)OP(=O)(O)OC[C@H]1O[C@@H](n2cc(C)c(=O)[nH]c2=O)C[C@@H]1O.OPO. The van der Waals surface area contributed by atoms with E-state index in [1.807, 2.05) is 6.92 Å². The van der Waals surface area contributed by atoms with E-state index in [0.29, 0.717) is 6.42 Å². The molecule has 2 heterocycles. The lowest BCUT2D eigenvalue weighted by Gasteiger charge is -2.19. The van der Waals surface area contributed by atoms with Gasteiger partial charge in [0.05, 0.1) is 19.3 Å². The Balaban J connectivity index is 0.00000172. The number of nitrogens with one attached hydrogen (secondary N) is 1. The predicted octanol–water partition coefficient (Wildman–Crippen LogP) is 0.414. The first-order chi connectivity index (χ1) is 15.4. The van der Waals surface area contributed by atoms with Crippen molar-refractivity contribution < 1.29 is 51.9 Å². The zero-order chi connectivity index (χ0) is 25.2. The largest absolute Gasteiger partial charge is 0.481 e.